The standard InChI is InChI=1S/C19H18N4S/c20-13-7-8-14-24-19-22-21-18(15-16-9-3-1-4-10-16)23(19)17-11-5-2-6-12-17/h1-6,9-12H,7-8,14-15H2. The van der Waals surface area contributed by atoms with E-state index in [0.717, 1.165) is 35.3 Å². The van der Waals surface area contributed by atoms with Crippen molar-refractivity contribution < 1.29 is 0 Å². The predicted octanol–water partition coefficient (Wildman–Crippen LogP) is 4.25. The lowest BCUT2D eigenvalue weighted by molar-refractivity contribution is 0.845. The Balaban J connectivity index is 1.88. The normalized spacial score (nSPS) is 10.5. The van der Waals surface area contributed by atoms with E-state index < -0.39 is 0 Å². The molecular weight excluding hydrogens is 316 g/mol. The average Bonchev–Trinajstić information content (AvgIpc) is 3.03. The fourth-order valence-electron chi connectivity index (χ4n) is 2.44. The van der Waals surface area contributed by atoms with Gasteiger partial charge in [-0.2, -0.15) is 5.26 Å². The first-order chi connectivity index (χ1) is 11.9. The summed E-state index contributed by atoms with van der Waals surface area (Å²) in [5.41, 5.74) is 2.28. The number of thioether (sulfide) groups is 1. The zero-order valence-electron chi connectivity index (χ0n) is 13.3. The number of rotatable bonds is 7. The largest absolute Gasteiger partial charge is 0.274 e. The SMILES string of the molecule is N#CCCCSc1nnc(Cc2ccccc2)n1-c1ccccc1. The summed E-state index contributed by atoms with van der Waals surface area (Å²) < 4.78 is 2.12. The van der Waals surface area contributed by atoms with Crippen LogP contribution in [0.2, 0.25) is 0 Å². The summed E-state index contributed by atoms with van der Waals surface area (Å²) in [5, 5.41) is 18.3. The highest BCUT2D eigenvalue weighted by atomic mass is 32.2. The van der Waals surface area contributed by atoms with E-state index in [2.05, 4.69) is 45.1 Å². The van der Waals surface area contributed by atoms with Crippen LogP contribution in [-0.2, 0) is 6.42 Å². The van der Waals surface area contributed by atoms with Gasteiger partial charge in [-0.05, 0) is 24.1 Å². The maximum atomic E-state index is 8.67. The lowest BCUT2D eigenvalue weighted by Crippen LogP contribution is -2.03. The van der Waals surface area contributed by atoms with Crippen LogP contribution in [0.5, 0.6) is 0 Å². The van der Waals surface area contributed by atoms with Gasteiger partial charge in [0.25, 0.3) is 0 Å². The van der Waals surface area contributed by atoms with E-state index in [0.29, 0.717) is 6.42 Å². The lowest BCUT2D eigenvalue weighted by Gasteiger charge is -2.10. The number of para-hydroxylation sites is 1. The number of hydrogen-bond donors (Lipinski definition) is 0. The van der Waals surface area contributed by atoms with Crippen molar-refractivity contribution in [3.63, 3.8) is 0 Å². The molecule has 3 aromatic rings. The van der Waals surface area contributed by atoms with Gasteiger partial charge >= 0.3 is 0 Å². The second-order valence-electron chi connectivity index (χ2n) is 5.34. The fraction of sp³-hybridized carbons (Fsp3) is 0.211. The molecule has 0 aliphatic heterocycles. The molecule has 2 aromatic carbocycles. The van der Waals surface area contributed by atoms with Gasteiger partial charge in [-0.1, -0.05) is 60.3 Å². The molecule has 0 saturated heterocycles. The molecule has 0 atom stereocenters. The maximum absolute atomic E-state index is 8.67. The third-order valence-corrected chi connectivity index (χ3v) is 4.60. The van der Waals surface area contributed by atoms with E-state index in [9.17, 15) is 0 Å². The predicted molar refractivity (Wildman–Crippen MR) is 96.2 cm³/mol. The third kappa shape index (κ3) is 4.03. The zero-order chi connectivity index (χ0) is 16.6. The van der Waals surface area contributed by atoms with Crippen molar-refractivity contribution in [1.82, 2.24) is 14.8 Å². The molecule has 0 N–H and O–H groups in total. The van der Waals surface area contributed by atoms with Crippen LogP contribution in [-0.4, -0.2) is 20.5 Å². The number of unbranched alkanes of at least 4 members (excludes halogenated alkanes) is 1. The number of nitriles is 1. The Morgan fingerprint density at radius 1 is 0.958 bits per heavy atom. The van der Waals surface area contributed by atoms with E-state index in [1.807, 2.05) is 36.4 Å². The molecule has 3 rings (SSSR count). The first-order valence-corrected chi connectivity index (χ1v) is 8.90. The highest BCUT2D eigenvalue weighted by Crippen LogP contribution is 2.24. The number of nitrogens with zero attached hydrogens (tertiary/aromatic N) is 4. The van der Waals surface area contributed by atoms with E-state index >= 15 is 0 Å². The second kappa shape index (κ2) is 8.32. The first-order valence-electron chi connectivity index (χ1n) is 7.92. The van der Waals surface area contributed by atoms with Gasteiger partial charge in [-0.3, -0.25) is 4.57 Å². The average molecular weight is 334 g/mol. The van der Waals surface area contributed by atoms with Crippen molar-refractivity contribution in [3.05, 3.63) is 72.1 Å². The number of aromatic nitrogens is 3. The summed E-state index contributed by atoms with van der Waals surface area (Å²) in [6.07, 6.45) is 2.17. The smallest absolute Gasteiger partial charge is 0.195 e. The van der Waals surface area contributed by atoms with Crippen LogP contribution in [0.25, 0.3) is 5.69 Å². The van der Waals surface area contributed by atoms with Crippen LogP contribution in [0.1, 0.15) is 24.2 Å². The molecule has 0 aliphatic rings. The highest BCUT2D eigenvalue weighted by molar-refractivity contribution is 7.99. The van der Waals surface area contributed by atoms with Crippen LogP contribution < -0.4 is 0 Å². The molecule has 0 spiro atoms. The molecule has 0 saturated carbocycles. The van der Waals surface area contributed by atoms with Crippen molar-refractivity contribution in [1.29, 1.82) is 5.26 Å². The molecule has 0 bridgehead atoms. The minimum atomic E-state index is 0.573. The summed E-state index contributed by atoms with van der Waals surface area (Å²) in [5.74, 6) is 1.79. The molecule has 0 fully saturated rings. The summed E-state index contributed by atoms with van der Waals surface area (Å²) in [6.45, 7) is 0. The Morgan fingerprint density at radius 2 is 1.67 bits per heavy atom. The first kappa shape index (κ1) is 16.3. The molecule has 0 amide bonds. The third-order valence-electron chi connectivity index (χ3n) is 3.58. The molecule has 120 valence electrons. The topological polar surface area (TPSA) is 54.5 Å². The molecule has 5 heteroatoms. The monoisotopic (exact) mass is 334 g/mol. The minimum absolute atomic E-state index is 0.573. The van der Waals surface area contributed by atoms with Crippen molar-refractivity contribution in [3.8, 4) is 11.8 Å². The van der Waals surface area contributed by atoms with Crippen LogP contribution >= 0.6 is 11.8 Å². The molecule has 4 nitrogen and oxygen atoms in total. The van der Waals surface area contributed by atoms with Crippen molar-refractivity contribution >= 4 is 11.8 Å². The number of hydrogen-bond acceptors (Lipinski definition) is 4. The summed E-state index contributed by atoms with van der Waals surface area (Å²) >= 11 is 1.65. The Labute approximate surface area is 146 Å². The summed E-state index contributed by atoms with van der Waals surface area (Å²) in [4.78, 5) is 0. The van der Waals surface area contributed by atoms with Gasteiger partial charge in [0.2, 0.25) is 0 Å². The van der Waals surface area contributed by atoms with Gasteiger partial charge in [0.1, 0.15) is 5.82 Å². The maximum Gasteiger partial charge on any atom is 0.195 e. The van der Waals surface area contributed by atoms with Gasteiger partial charge in [0, 0.05) is 24.3 Å². The highest BCUT2D eigenvalue weighted by Gasteiger charge is 2.14. The molecule has 0 radical (unpaired) electrons. The quantitative estimate of drug-likeness (QED) is 0.479. The van der Waals surface area contributed by atoms with E-state index in [1.165, 1.54) is 5.56 Å². The van der Waals surface area contributed by atoms with Gasteiger partial charge in [0.15, 0.2) is 5.16 Å². The van der Waals surface area contributed by atoms with Crippen LogP contribution in [0.4, 0.5) is 0 Å². The second-order valence-corrected chi connectivity index (χ2v) is 6.40. The van der Waals surface area contributed by atoms with Gasteiger partial charge in [0.05, 0.1) is 6.07 Å². The van der Waals surface area contributed by atoms with E-state index in [1.54, 1.807) is 11.8 Å². The molecule has 0 aliphatic carbocycles. The molecule has 24 heavy (non-hydrogen) atoms. The Kier molecular flexibility index (Phi) is 5.65. The van der Waals surface area contributed by atoms with E-state index in [-0.39, 0.29) is 0 Å². The van der Waals surface area contributed by atoms with Crippen molar-refractivity contribution in [2.24, 2.45) is 0 Å². The Bertz CT molecular complexity index is 806. The van der Waals surface area contributed by atoms with Crippen LogP contribution in [0.15, 0.2) is 65.8 Å². The molecule has 1 aromatic heterocycles. The molecule has 1 heterocycles. The van der Waals surface area contributed by atoms with Gasteiger partial charge in [-0.15, -0.1) is 10.2 Å². The Morgan fingerprint density at radius 3 is 2.38 bits per heavy atom. The summed E-state index contributed by atoms with van der Waals surface area (Å²) in [6, 6.07) is 22.7. The zero-order valence-corrected chi connectivity index (χ0v) is 14.1. The van der Waals surface area contributed by atoms with Crippen molar-refractivity contribution in [2.75, 3.05) is 5.75 Å². The van der Waals surface area contributed by atoms with Crippen molar-refractivity contribution in [2.45, 2.75) is 24.4 Å². The fourth-order valence-corrected chi connectivity index (χ4v) is 3.35. The molecular formula is C19H18N4S. The van der Waals surface area contributed by atoms with Crippen LogP contribution in [0.3, 0.4) is 0 Å². The number of benzene rings is 2. The summed E-state index contributed by atoms with van der Waals surface area (Å²) in [7, 11) is 0. The van der Waals surface area contributed by atoms with Gasteiger partial charge < -0.3 is 0 Å². The van der Waals surface area contributed by atoms with Gasteiger partial charge in [-0.25, -0.2) is 0 Å². The minimum Gasteiger partial charge on any atom is -0.274 e. The lowest BCUT2D eigenvalue weighted by atomic mass is 10.1. The van der Waals surface area contributed by atoms with Crippen LogP contribution in [0, 0.1) is 11.3 Å². The molecule has 0 unspecified atom stereocenters. The Hall–Kier alpha value is -2.58. The van der Waals surface area contributed by atoms with E-state index in [4.69, 9.17) is 5.26 Å².